The quantitative estimate of drug-likeness (QED) is 0.266. The highest BCUT2D eigenvalue weighted by molar-refractivity contribution is 5.98. The number of nitrogens with two attached hydrogens (primary N) is 2. The molecule has 1 aromatic rings. The lowest BCUT2D eigenvalue weighted by atomic mass is 10.1. The summed E-state index contributed by atoms with van der Waals surface area (Å²) in [7, 11) is 0. The molecule has 0 spiro atoms. The summed E-state index contributed by atoms with van der Waals surface area (Å²) in [6, 6.07) is 7.19. The molecule has 1 aromatic carbocycles. The first kappa shape index (κ1) is 21.8. The van der Waals surface area contributed by atoms with Crippen LogP contribution in [-0.2, 0) is 4.79 Å². The van der Waals surface area contributed by atoms with E-state index < -0.39 is 30.7 Å². The Hall–Kier alpha value is -3.20. The second kappa shape index (κ2) is 11.4. The van der Waals surface area contributed by atoms with Crippen LogP contribution in [-0.4, -0.2) is 41.7 Å². The van der Waals surface area contributed by atoms with Gasteiger partial charge in [-0.15, -0.1) is 5.10 Å². The summed E-state index contributed by atoms with van der Waals surface area (Å²) < 4.78 is 13.5. The van der Waals surface area contributed by atoms with Crippen LogP contribution in [0.2, 0.25) is 0 Å². The van der Waals surface area contributed by atoms with E-state index in [4.69, 9.17) is 11.6 Å². The van der Waals surface area contributed by atoms with E-state index in [0.717, 1.165) is 5.12 Å². The predicted octanol–water partition coefficient (Wildman–Crippen LogP) is 1.17. The van der Waals surface area contributed by atoms with E-state index in [1.807, 2.05) is 25.2 Å². The molecule has 6 N–H and O–H groups in total. The van der Waals surface area contributed by atoms with Crippen molar-refractivity contribution in [3.8, 4) is 0 Å². The van der Waals surface area contributed by atoms with Crippen LogP contribution < -0.4 is 22.2 Å². The summed E-state index contributed by atoms with van der Waals surface area (Å²) in [5, 5.41) is 9.05. The van der Waals surface area contributed by atoms with Gasteiger partial charge in [-0.25, -0.2) is 20.1 Å². The fraction of sp³-hybridized carbons (Fsp3) is 0.278. The number of rotatable bonds is 5. The molecule has 0 fully saturated rings. The smallest absolute Gasteiger partial charge is 0.322 e. The second-order valence-corrected chi connectivity index (χ2v) is 5.21. The maximum Gasteiger partial charge on any atom is 0.322 e. The third kappa shape index (κ3) is 7.70. The normalized spacial score (nSPS) is 18.1. The van der Waals surface area contributed by atoms with E-state index in [1.165, 1.54) is 18.2 Å². The Kier molecular flexibility index (Phi) is 9.24. The van der Waals surface area contributed by atoms with Gasteiger partial charge in [0.1, 0.15) is 12.7 Å². The van der Waals surface area contributed by atoms with E-state index in [0.29, 0.717) is 5.56 Å². The molecule has 2 atom stereocenters. The number of hydrazine groups is 1. The van der Waals surface area contributed by atoms with Crippen LogP contribution in [0.15, 0.2) is 59.7 Å². The Labute approximate surface area is 157 Å². The van der Waals surface area contributed by atoms with Crippen LogP contribution in [0.5, 0.6) is 0 Å². The Balaban J connectivity index is 0.00000176. The van der Waals surface area contributed by atoms with Gasteiger partial charge >= 0.3 is 6.03 Å². The van der Waals surface area contributed by atoms with Crippen molar-refractivity contribution in [2.45, 2.75) is 26.1 Å². The molecule has 0 heterocycles. The first-order chi connectivity index (χ1) is 13.0. The number of carbonyl (C=O) groups is 2. The summed E-state index contributed by atoms with van der Waals surface area (Å²) >= 11 is 0. The highest BCUT2D eigenvalue weighted by atomic mass is 19.1. The van der Waals surface area contributed by atoms with Crippen molar-refractivity contribution in [1.82, 2.24) is 15.8 Å². The number of allylic oxidation sites excluding steroid dienone is 2. The number of hydrogen-bond donors (Lipinski definition) is 4. The summed E-state index contributed by atoms with van der Waals surface area (Å²) in [4.78, 5) is 23.5. The average Bonchev–Trinajstić information content (AvgIpc) is 2.65. The standard InChI is InChI=1S/C16H19FN6O2.C2H6/c17-12-8-4-5-9-13(12)20-16(25)21-14(24)10-23(19)22-15(18)11-6-2-1-3-7-11;1-2/h1-9,12-13H,10,19H2,(H2,18,22)(H2,20,21,24,25);1-2H3. The van der Waals surface area contributed by atoms with Crippen LogP contribution in [0, 0.1) is 0 Å². The fourth-order valence-electron chi connectivity index (χ4n) is 2.05. The van der Waals surface area contributed by atoms with Gasteiger partial charge in [0.2, 0.25) is 0 Å². The number of nitrogens with zero attached hydrogens (tertiary/aromatic N) is 2. The van der Waals surface area contributed by atoms with Gasteiger partial charge in [-0.05, 0) is 6.08 Å². The number of benzene rings is 1. The molecule has 1 aliphatic rings. The van der Waals surface area contributed by atoms with Crippen LogP contribution in [0.4, 0.5) is 9.18 Å². The summed E-state index contributed by atoms with van der Waals surface area (Å²) in [5.41, 5.74) is 6.41. The molecule has 2 rings (SSSR count). The molecule has 0 saturated carbocycles. The average molecular weight is 376 g/mol. The van der Waals surface area contributed by atoms with Gasteiger partial charge in [0.05, 0.1) is 6.04 Å². The first-order valence-electron chi connectivity index (χ1n) is 8.47. The number of imide groups is 1. The maximum atomic E-state index is 13.5. The van der Waals surface area contributed by atoms with Gasteiger partial charge in [0.15, 0.2) is 5.84 Å². The molecule has 8 nitrogen and oxygen atoms in total. The van der Waals surface area contributed by atoms with Crippen molar-refractivity contribution in [1.29, 1.82) is 0 Å². The number of amides is 3. The fourth-order valence-corrected chi connectivity index (χ4v) is 2.05. The number of hydrazone groups is 1. The lowest BCUT2D eigenvalue weighted by Crippen LogP contribution is -2.49. The molecule has 0 radical (unpaired) electrons. The van der Waals surface area contributed by atoms with Gasteiger partial charge in [0.25, 0.3) is 5.91 Å². The molecular formula is C18H25FN6O2. The summed E-state index contributed by atoms with van der Waals surface area (Å²) in [6.07, 6.45) is 4.57. The molecule has 3 amide bonds. The van der Waals surface area contributed by atoms with Gasteiger partial charge in [-0.2, -0.15) is 0 Å². The molecule has 0 aromatic heterocycles. The number of carbonyl (C=O) groups excluding carboxylic acids is 2. The second-order valence-electron chi connectivity index (χ2n) is 5.21. The van der Waals surface area contributed by atoms with Gasteiger partial charge in [-0.3, -0.25) is 10.1 Å². The minimum absolute atomic E-state index is 0.125. The molecule has 146 valence electrons. The molecule has 9 heteroatoms. The Bertz CT molecular complexity index is 705. The third-order valence-corrected chi connectivity index (χ3v) is 3.23. The number of amidine groups is 1. The highest BCUT2D eigenvalue weighted by Crippen LogP contribution is 2.08. The number of halogens is 1. The molecule has 2 unspecified atom stereocenters. The number of urea groups is 1. The number of nitrogens with one attached hydrogen (secondary N) is 2. The maximum absolute atomic E-state index is 13.5. The predicted molar refractivity (Wildman–Crippen MR) is 103 cm³/mol. The summed E-state index contributed by atoms with van der Waals surface area (Å²) in [6.45, 7) is 3.60. The van der Waals surface area contributed by atoms with Crippen LogP contribution in [0.3, 0.4) is 0 Å². The van der Waals surface area contributed by atoms with Crippen molar-refractivity contribution >= 4 is 17.8 Å². The molecule has 0 saturated heterocycles. The van der Waals surface area contributed by atoms with Crippen LogP contribution in [0.25, 0.3) is 0 Å². The van der Waals surface area contributed by atoms with E-state index in [-0.39, 0.29) is 5.84 Å². The summed E-state index contributed by atoms with van der Waals surface area (Å²) in [5.74, 6) is 5.00. The molecule has 27 heavy (non-hydrogen) atoms. The SMILES string of the molecule is CC.N/C(=N\N(N)CC(=O)NC(=O)NC1C=CC=CC1F)c1ccccc1. The number of hydrogen-bond acceptors (Lipinski definition) is 5. The Morgan fingerprint density at radius 2 is 1.81 bits per heavy atom. The van der Waals surface area contributed by atoms with E-state index in [1.54, 1.807) is 30.3 Å². The van der Waals surface area contributed by atoms with Crippen LogP contribution >= 0.6 is 0 Å². The monoisotopic (exact) mass is 376 g/mol. The topological polar surface area (TPSA) is 126 Å². The van der Waals surface area contributed by atoms with Gasteiger partial charge < -0.3 is 11.1 Å². The third-order valence-electron chi connectivity index (χ3n) is 3.23. The minimum Gasteiger partial charge on any atom is -0.382 e. The zero-order chi connectivity index (χ0) is 20.2. The Morgan fingerprint density at radius 1 is 1.19 bits per heavy atom. The molecular weight excluding hydrogens is 351 g/mol. The largest absolute Gasteiger partial charge is 0.382 e. The van der Waals surface area contributed by atoms with Crippen LogP contribution in [0.1, 0.15) is 19.4 Å². The van der Waals surface area contributed by atoms with E-state index in [9.17, 15) is 14.0 Å². The molecule has 0 aliphatic heterocycles. The van der Waals surface area contributed by atoms with Crippen molar-refractivity contribution in [2.75, 3.05) is 6.54 Å². The van der Waals surface area contributed by atoms with Gasteiger partial charge in [-0.1, -0.05) is 62.4 Å². The first-order valence-corrected chi connectivity index (χ1v) is 8.47. The zero-order valence-electron chi connectivity index (χ0n) is 15.3. The minimum atomic E-state index is -1.35. The molecule has 0 bridgehead atoms. The van der Waals surface area contributed by atoms with Crippen molar-refractivity contribution in [2.24, 2.45) is 16.7 Å². The van der Waals surface area contributed by atoms with E-state index >= 15 is 0 Å². The van der Waals surface area contributed by atoms with Gasteiger partial charge in [0, 0.05) is 5.56 Å². The van der Waals surface area contributed by atoms with Crippen molar-refractivity contribution in [3.63, 3.8) is 0 Å². The lowest BCUT2D eigenvalue weighted by molar-refractivity contribution is -0.121. The van der Waals surface area contributed by atoms with E-state index in [2.05, 4.69) is 10.4 Å². The lowest BCUT2D eigenvalue weighted by Gasteiger charge is -2.19. The van der Waals surface area contributed by atoms with Crippen molar-refractivity contribution in [3.05, 3.63) is 60.2 Å². The zero-order valence-corrected chi connectivity index (χ0v) is 15.3. The highest BCUT2D eigenvalue weighted by Gasteiger charge is 2.20. The van der Waals surface area contributed by atoms with Crippen molar-refractivity contribution < 1.29 is 14.0 Å². The Morgan fingerprint density at radius 3 is 2.44 bits per heavy atom. The molecule has 1 aliphatic carbocycles. The number of alkyl halides is 1.